The lowest BCUT2D eigenvalue weighted by Gasteiger charge is -2.43. The monoisotopic (exact) mass is 451 g/mol. The molecule has 0 aliphatic carbocycles. The zero-order chi connectivity index (χ0) is 24.0. The zero-order valence-corrected chi connectivity index (χ0v) is 21.9. The van der Waals surface area contributed by atoms with Crippen molar-refractivity contribution in [3.05, 3.63) is 35.9 Å². The number of amides is 1. The van der Waals surface area contributed by atoms with E-state index < -0.39 is 32.2 Å². The number of carbonyl (C=O) groups excluding carboxylic acids is 2. The van der Waals surface area contributed by atoms with Crippen molar-refractivity contribution in [2.24, 2.45) is 0 Å². The van der Waals surface area contributed by atoms with E-state index in [0.29, 0.717) is 6.42 Å². The Morgan fingerprint density at radius 2 is 1.58 bits per heavy atom. The molecule has 1 amide bonds. The Labute approximate surface area is 189 Å². The highest BCUT2D eigenvalue weighted by Gasteiger charge is 2.43. The molecule has 0 saturated carbocycles. The summed E-state index contributed by atoms with van der Waals surface area (Å²) in [6, 6.07) is 9.50. The van der Waals surface area contributed by atoms with E-state index in [0.717, 1.165) is 5.56 Å². The molecule has 0 aliphatic rings. The van der Waals surface area contributed by atoms with Crippen LogP contribution in [0, 0.1) is 0 Å². The van der Waals surface area contributed by atoms with E-state index in [2.05, 4.69) is 33.9 Å². The Balaban J connectivity index is 3.37. The molecule has 7 heteroatoms. The van der Waals surface area contributed by atoms with Crippen molar-refractivity contribution < 1.29 is 23.5 Å². The van der Waals surface area contributed by atoms with Crippen LogP contribution in [0.25, 0.3) is 0 Å². The summed E-state index contributed by atoms with van der Waals surface area (Å²) in [6.45, 7) is 16.2. The Morgan fingerprint density at radius 1 is 1.03 bits per heavy atom. The first-order valence-corrected chi connectivity index (χ1v) is 13.7. The van der Waals surface area contributed by atoms with Crippen LogP contribution < -0.4 is 0 Å². The molecule has 6 nitrogen and oxygen atoms in total. The van der Waals surface area contributed by atoms with Crippen molar-refractivity contribution in [1.82, 2.24) is 4.90 Å². The molecule has 1 rings (SSSR count). The number of likely N-dealkylation sites (N-methyl/N-ethyl adjacent to an activating group) is 1. The SMILES string of the molecule is COC(=O)C[C@@H](O[Si](C)(C)C(C)(C)C)[C@H](Cc1ccccc1)N(C)C(=O)OC(C)(C)C. The first kappa shape index (κ1) is 27.2. The number of benzene rings is 1. The van der Waals surface area contributed by atoms with Crippen molar-refractivity contribution in [2.45, 2.75) is 90.3 Å². The molecule has 176 valence electrons. The van der Waals surface area contributed by atoms with Crippen LogP contribution in [0.5, 0.6) is 0 Å². The molecule has 0 saturated heterocycles. The first-order valence-electron chi connectivity index (χ1n) is 10.8. The molecule has 0 aliphatic heterocycles. The minimum absolute atomic E-state index is 0.0524. The second-order valence-corrected chi connectivity index (χ2v) is 15.3. The Kier molecular flexibility index (Phi) is 9.32. The molecule has 0 aromatic heterocycles. The molecule has 1 aromatic carbocycles. The highest BCUT2D eigenvalue weighted by Crippen LogP contribution is 2.38. The van der Waals surface area contributed by atoms with Crippen molar-refractivity contribution in [3.8, 4) is 0 Å². The molecule has 0 spiro atoms. The van der Waals surface area contributed by atoms with Gasteiger partial charge in [-0.05, 0) is 50.9 Å². The minimum atomic E-state index is -2.24. The summed E-state index contributed by atoms with van der Waals surface area (Å²) in [5.74, 6) is -0.362. The highest BCUT2D eigenvalue weighted by atomic mass is 28.4. The highest BCUT2D eigenvalue weighted by molar-refractivity contribution is 6.74. The van der Waals surface area contributed by atoms with E-state index in [9.17, 15) is 9.59 Å². The molecular formula is C24H41NO5Si. The topological polar surface area (TPSA) is 65.1 Å². The summed E-state index contributed by atoms with van der Waals surface area (Å²) >= 11 is 0. The van der Waals surface area contributed by atoms with E-state index in [1.807, 2.05) is 51.1 Å². The molecule has 0 radical (unpaired) electrons. The Morgan fingerprint density at radius 3 is 2.03 bits per heavy atom. The van der Waals surface area contributed by atoms with Crippen LogP contribution in [0.1, 0.15) is 53.5 Å². The van der Waals surface area contributed by atoms with E-state index in [-0.39, 0.29) is 17.4 Å². The molecule has 0 heterocycles. The number of rotatable bonds is 8. The predicted octanol–water partition coefficient (Wildman–Crippen LogP) is 5.42. The van der Waals surface area contributed by atoms with Crippen LogP contribution in [0.3, 0.4) is 0 Å². The number of ether oxygens (including phenoxy) is 2. The van der Waals surface area contributed by atoms with Crippen LogP contribution >= 0.6 is 0 Å². The third-order valence-corrected chi connectivity index (χ3v) is 10.2. The van der Waals surface area contributed by atoms with E-state index in [1.165, 1.54) is 7.11 Å². The maximum atomic E-state index is 13.0. The van der Waals surface area contributed by atoms with Gasteiger partial charge in [-0.3, -0.25) is 4.79 Å². The second-order valence-electron chi connectivity index (χ2n) is 10.5. The number of methoxy groups -OCH3 is 1. The number of hydrogen-bond acceptors (Lipinski definition) is 5. The number of carbonyl (C=O) groups is 2. The zero-order valence-electron chi connectivity index (χ0n) is 20.9. The van der Waals surface area contributed by atoms with Crippen molar-refractivity contribution in [1.29, 1.82) is 0 Å². The summed E-state index contributed by atoms with van der Waals surface area (Å²) in [5, 5.41) is -0.0524. The van der Waals surface area contributed by atoms with Crippen LogP contribution in [-0.2, 0) is 25.1 Å². The third-order valence-electron chi connectivity index (χ3n) is 5.74. The fraction of sp³-hybridized carbons (Fsp3) is 0.667. The summed E-state index contributed by atoms with van der Waals surface area (Å²) in [7, 11) is 0.838. The first-order chi connectivity index (χ1) is 14.1. The molecule has 0 fully saturated rings. The smallest absolute Gasteiger partial charge is 0.410 e. The van der Waals surface area contributed by atoms with E-state index >= 15 is 0 Å². The van der Waals surface area contributed by atoms with Crippen LogP contribution in [0.4, 0.5) is 4.79 Å². The standard InChI is InChI=1S/C24H41NO5Si/c1-23(2,3)29-22(27)25(7)19(16-18-14-12-11-13-15-18)20(17-21(26)28-8)30-31(9,10)24(4,5)6/h11-15,19-20H,16-17H2,1-10H3/t19-,20+/m0/s1. The summed E-state index contributed by atoms with van der Waals surface area (Å²) in [4.78, 5) is 26.8. The second kappa shape index (κ2) is 10.6. The third kappa shape index (κ3) is 8.65. The van der Waals surface area contributed by atoms with Gasteiger partial charge in [0.15, 0.2) is 8.32 Å². The maximum Gasteiger partial charge on any atom is 0.410 e. The van der Waals surface area contributed by atoms with Crippen molar-refractivity contribution >= 4 is 20.4 Å². The normalized spacial score (nSPS) is 14.5. The number of esters is 1. The van der Waals surface area contributed by atoms with Crippen molar-refractivity contribution in [3.63, 3.8) is 0 Å². The summed E-state index contributed by atoms with van der Waals surface area (Å²) < 4.78 is 17.3. The van der Waals surface area contributed by atoms with Gasteiger partial charge < -0.3 is 18.8 Å². The molecule has 31 heavy (non-hydrogen) atoms. The van der Waals surface area contributed by atoms with Gasteiger partial charge in [-0.2, -0.15) is 0 Å². The largest absolute Gasteiger partial charge is 0.469 e. The van der Waals surface area contributed by atoms with Gasteiger partial charge in [-0.1, -0.05) is 51.1 Å². The van der Waals surface area contributed by atoms with Gasteiger partial charge in [0.05, 0.1) is 25.7 Å². The molecule has 2 atom stereocenters. The van der Waals surface area contributed by atoms with Gasteiger partial charge >= 0.3 is 12.1 Å². The average Bonchev–Trinajstić information content (AvgIpc) is 2.63. The van der Waals surface area contributed by atoms with E-state index in [1.54, 1.807) is 11.9 Å². The van der Waals surface area contributed by atoms with Crippen LogP contribution in [0.15, 0.2) is 30.3 Å². The Hall–Kier alpha value is -1.86. The van der Waals surface area contributed by atoms with Crippen LogP contribution in [0.2, 0.25) is 18.1 Å². The van der Waals surface area contributed by atoms with E-state index in [4.69, 9.17) is 13.9 Å². The molecule has 1 aromatic rings. The van der Waals surface area contributed by atoms with Crippen molar-refractivity contribution in [2.75, 3.05) is 14.2 Å². The fourth-order valence-electron chi connectivity index (χ4n) is 2.90. The number of nitrogens with zero attached hydrogens (tertiary/aromatic N) is 1. The minimum Gasteiger partial charge on any atom is -0.469 e. The molecular weight excluding hydrogens is 410 g/mol. The quantitative estimate of drug-likeness (QED) is 0.390. The molecule has 0 N–H and O–H groups in total. The van der Waals surface area contributed by atoms with Crippen LogP contribution in [-0.4, -0.2) is 57.2 Å². The Bertz CT molecular complexity index is 722. The van der Waals surface area contributed by atoms with Gasteiger partial charge in [0.2, 0.25) is 0 Å². The average molecular weight is 452 g/mol. The lowest BCUT2D eigenvalue weighted by molar-refractivity contribution is -0.143. The van der Waals surface area contributed by atoms with Gasteiger partial charge in [-0.25, -0.2) is 4.79 Å². The predicted molar refractivity (Wildman–Crippen MR) is 127 cm³/mol. The summed E-state index contributed by atoms with van der Waals surface area (Å²) in [6.07, 6.45) is -0.367. The van der Waals surface area contributed by atoms with Gasteiger partial charge in [0, 0.05) is 7.05 Å². The lowest BCUT2D eigenvalue weighted by atomic mass is 9.98. The van der Waals surface area contributed by atoms with Gasteiger partial charge in [0.25, 0.3) is 0 Å². The fourth-order valence-corrected chi connectivity index (χ4v) is 4.25. The lowest BCUT2D eigenvalue weighted by Crippen LogP contribution is -2.54. The molecule has 0 bridgehead atoms. The van der Waals surface area contributed by atoms with Gasteiger partial charge in [0.1, 0.15) is 5.60 Å². The maximum absolute atomic E-state index is 13.0. The van der Waals surface area contributed by atoms with Gasteiger partial charge in [-0.15, -0.1) is 0 Å². The summed E-state index contributed by atoms with van der Waals surface area (Å²) in [5.41, 5.74) is 0.428. The molecule has 0 unspecified atom stereocenters. The number of hydrogen-bond donors (Lipinski definition) is 0.